The van der Waals surface area contributed by atoms with E-state index in [1.807, 2.05) is 84.9 Å². The van der Waals surface area contributed by atoms with Crippen LogP contribution in [-0.2, 0) is 0 Å². The number of fused-ring (bicyclic) bond motifs is 6. The summed E-state index contributed by atoms with van der Waals surface area (Å²) in [6, 6.07) is 23.6. The van der Waals surface area contributed by atoms with Gasteiger partial charge in [-0.1, -0.05) is 151 Å². The van der Waals surface area contributed by atoms with Gasteiger partial charge in [0.1, 0.15) is 0 Å². The van der Waals surface area contributed by atoms with Crippen LogP contribution in [0.4, 0.5) is 0 Å². The zero-order valence-corrected chi connectivity index (χ0v) is 29.8. The zero-order valence-electron chi connectivity index (χ0n) is 44.0. The summed E-state index contributed by atoms with van der Waals surface area (Å²) in [7, 11) is 0. The van der Waals surface area contributed by atoms with E-state index in [9.17, 15) is 6.85 Å². The maximum Gasteiger partial charge on any atom is 0.166 e. The van der Waals surface area contributed by atoms with Crippen LogP contribution in [0.5, 0.6) is 0 Å². The lowest BCUT2D eigenvalue weighted by Gasteiger charge is -2.16. The van der Waals surface area contributed by atoms with Crippen molar-refractivity contribution in [3.05, 3.63) is 194 Å². The molecule has 11 rings (SSSR count). The van der Waals surface area contributed by atoms with Crippen LogP contribution in [0.1, 0.15) is 20.6 Å². The lowest BCUT2D eigenvalue weighted by atomic mass is 9.99. The third-order valence-electron chi connectivity index (χ3n) is 9.60. The zero-order chi connectivity index (χ0) is 50.1. The highest BCUT2D eigenvalue weighted by molar-refractivity contribution is 7.25. The first kappa shape index (κ1) is 20.5. The molecule has 4 nitrogen and oxygen atoms in total. The second-order valence-electron chi connectivity index (χ2n) is 12.9. The molecule has 5 heteroatoms. The maximum absolute atomic E-state index is 9.69. The predicted octanol–water partition coefficient (Wildman–Crippen LogP) is 13.7. The van der Waals surface area contributed by atoms with Crippen molar-refractivity contribution in [3.63, 3.8) is 0 Å². The number of hydrogen-bond donors (Lipinski definition) is 0. The Morgan fingerprint density at radius 1 is 0.411 bits per heavy atom. The van der Waals surface area contributed by atoms with Crippen molar-refractivity contribution in [3.8, 4) is 62.1 Å². The summed E-state index contributed by atoms with van der Waals surface area (Å²) < 4.78 is 136. The van der Waals surface area contributed by atoms with Gasteiger partial charge in [0, 0.05) is 47.6 Å². The van der Waals surface area contributed by atoms with Crippen molar-refractivity contribution in [2.45, 2.75) is 0 Å². The molecule has 0 aliphatic carbocycles. The molecule has 3 aromatic heterocycles. The number of benzene rings is 8. The number of aromatic nitrogens is 4. The molecule has 3 heterocycles. The average molecular weight is 748 g/mol. The molecule has 0 atom stereocenters. The van der Waals surface area contributed by atoms with Crippen LogP contribution in [0.15, 0.2) is 194 Å². The largest absolute Gasteiger partial charge is 0.309 e. The Kier molecular flexibility index (Phi) is 4.85. The van der Waals surface area contributed by atoms with Gasteiger partial charge in [-0.05, 0) is 64.6 Å². The van der Waals surface area contributed by atoms with Crippen molar-refractivity contribution >= 4 is 53.3 Å². The van der Waals surface area contributed by atoms with Gasteiger partial charge in [-0.3, -0.25) is 0 Å². The highest BCUT2D eigenvalue weighted by atomic mass is 32.1. The van der Waals surface area contributed by atoms with Gasteiger partial charge >= 0.3 is 0 Å². The fraction of sp³-hybridized carbons (Fsp3) is 0. The van der Waals surface area contributed by atoms with E-state index in [1.165, 1.54) is 22.8 Å². The van der Waals surface area contributed by atoms with Crippen LogP contribution in [0.2, 0.25) is 0 Å². The molecule has 0 N–H and O–H groups in total. The summed E-state index contributed by atoms with van der Waals surface area (Å²) in [5.74, 6) is 0.415. The lowest BCUT2D eigenvalue weighted by Crippen LogP contribution is -2.04. The highest BCUT2D eigenvalue weighted by Gasteiger charge is 2.20. The Bertz CT molecular complexity index is 4030. The normalized spacial score (nSPS) is 15.3. The van der Waals surface area contributed by atoms with Gasteiger partial charge in [0.25, 0.3) is 0 Å². The van der Waals surface area contributed by atoms with Crippen molar-refractivity contribution < 1.29 is 20.6 Å². The SMILES string of the molecule is [2H]c1c([2H])c([2H])c2c(sc3c([2H])c([2H])c(-c4ccc(-n5c6c([2H])c([2H])c([2H])c([2H])c6c6c([2H])c([2H])c([2H])c([2H])c65)c(-c5nc(-c6ccccc6)nc(-c6ccc(-c7ccccc7)cc6)n5)c4)c([2H])c32)c1[2H]. The maximum atomic E-state index is 9.69. The van der Waals surface area contributed by atoms with Gasteiger partial charge in [0.15, 0.2) is 17.5 Å². The average Bonchev–Trinajstić information content (AvgIpc) is 3.98. The molecule has 0 aliphatic rings. The second-order valence-corrected chi connectivity index (χ2v) is 13.9. The van der Waals surface area contributed by atoms with Gasteiger partial charge in [0.05, 0.1) is 37.3 Å². The molecule has 8 aromatic carbocycles. The molecule has 262 valence electrons. The minimum absolute atomic E-state index is 0.0187. The van der Waals surface area contributed by atoms with Crippen LogP contribution in [0.25, 0.3) is 104 Å². The summed E-state index contributed by atoms with van der Waals surface area (Å²) in [6.07, 6.45) is 0. The fourth-order valence-electron chi connectivity index (χ4n) is 6.96. The molecule has 11 aromatic rings. The van der Waals surface area contributed by atoms with Gasteiger partial charge in [0.2, 0.25) is 0 Å². The van der Waals surface area contributed by atoms with Crippen LogP contribution >= 0.6 is 11.3 Å². The second kappa shape index (κ2) is 13.3. The van der Waals surface area contributed by atoms with Crippen molar-refractivity contribution in [1.29, 1.82) is 0 Å². The summed E-state index contributed by atoms with van der Waals surface area (Å²) in [5.41, 5.74) is 3.02. The molecule has 0 bridgehead atoms. The summed E-state index contributed by atoms with van der Waals surface area (Å²) >= 11 is 0.903. The van der Waals surface area contributed by atoms with Gasteiger partial charge in [-0.25, -0.2) is 15.0 Å². The Morgan fingerprint density at radius 3 is 1.62 bits per heavy atom. The molecule has 0 fully saturated rings. The third-order valence-corrected chi connectivity index (χ3v) is 10.6. The van der Waals surface area contributed by atoms with Crippen LogP contribution < -0.4 is 0 Å². The Morgan fingerprint density at radius 2 is 0.929 bits per heavy atom. The minimum atomic E-state index is -0.623. The number of para-hydroxylation sites is 2. The molecule has 0 radical (unpaired) electrons. The molecule has 0 aliphatic heterocycles. The van der Waals surface area contributed by atoms with E-state index in [4.69, 9.17) is 28.7 Å². The number of thiophene rings is 1. The topological polar surface area (TPSA) is 43.6 Å². The van der Waals surface area contributed by atoms with Crippen molar-refractivity contribution in [2.75, 3.05) is 0 Å². The monoisotopic (exact) mass is 747 g/mol. The van der Waals surface area contributed by atoms with Crippen LogP contribution in [0.3, 0.4) is 0 Å². The Hall–Kier alpha value is -7.21. The highest BCUT2D eigenvalue weighted by Crippen LogP contribution is 2.40. The van der Waals surface area contributed by atoms with E-state index in [-0.39, 0.29) is 106 Å². The molecule has 0 saturated heterocycles. The lowest BCUT2D eigenvalue weighted by molar-refractivity contribution is 1.06. The Balaban J connectivity index is 1.28. The van der Waals surface area contributed by atoms with Crippen molar-refractivity contribution in [1.82, 2.24) is 19.5 Å². The number of hydrogen-bond acceptors (Lipinski definition) is 4. The molecule has 56 heavy (non-hydrogen) atoms. The summed E-state index contributed by atoms with van der Waals surface area (Å²) in [5, 5.41) is -0.226. The number of nitrogens with zero attached hydrogens (tertiary/aromatic N) is 4. The molecule has 0 spiro atoms. The molecular formula is C51H32N4S. The van der Waals surface area contributed by atoms with E-state index in [2.05, 4.69) is 0 Å². The summed E-state index contributed by atoms with van der Waals surface area (Å²) in [4.78, 5) is 15.0. The van der Waals surface area contributed by atoms with Crippen molar-refractivity contribution in [2.24, 2.45) is 0 Å². The van der Waals surface area contributed by atoms with E-state index in [1.54, 1.807) is 0 Å². The minimum Gasteiger partial charge on any atom is -0.309 e. The molecule has 0 unspecified atom stereocenters. The van der Waals surface area contributed by atoms with E-state index < -0.39 is 66.5 Å². The quantitative estimate of drug-likeness (QED) is 0.170. The van der Waals surface area contributed by atoms with E-state index >= 15 is 0 Å². The predicted molar refractivity (Wildman–Crippen MR) is 234 cm³/mol. The number of rotatable bonds is 6. The molecule has 0 saturated carbocycles. The molecular weight excluding hydrogens is 701 g/mol. The Labute approximate surface area is 348 Å². The third kappa shape index (κ3) is 5.48. The smallest absolute Gasteiger partial charge is 0.166 e. The van der Waals surface area contributed by atoms with Gasteiger partial charge < -0.3 is 4.57 Å². The van der Waals surface area contributed by atoms with Crippen LogP contribution in [0, 0.1) is 0 Å². The van der Waals surface area contributed by atoms with Gasteiger partial charge in [-0.2, -0.15) is 0 Å². The fourth-order valence-corrected chi connectivity index (χ4v) is 7.88. The standard InChI is InChI=1S/C51H32N4S/c1-3-13-33(14-4-1)34-23-25-36(26-24-34)50-52-49(35-15-5-2-6-16-35)53-51(54-50)43-32-37(38-28-30-48-42(31-38)41-19-9-12-22-47(41)56-48)27-29-46(43)55-44-20-10-7-17-39(44)40-18-8-11-21-45(40)55/h1-32H/i7D,8D,9D,10D,11D,12D,17D,18D,19D,20D,21D,22D,28D,30D,31D. The first-order valence-corrected chi connectivity index (χ1v) is 18.4. The van der Waals surface area contributed by atoms with E-state index in [0.29, 0.717) is 11.1 Å². The van der Waals surface area contributed by atoms with Gasteiger partial charge in [-0.15, -0.1) is 11.3 Å². The summed E-state index contributed by atoms with van der Waals surface area (Å²) in [6.45, 7) is 0. The van der Waals surface area contributed by atoms with E-state index in [0.717, 1.165) is 22.5 Å². The molecule has 0 amide bonds. The first-order chi connectivity index (χ1) is 34.0. The van der Waals surface area contributed by atoms with Crippen LogP contribution in [-0.4, -0.2) is 19.5 Å². The first-order valence-electron chi connectivity index (χ1n) is 25.1.